The molecule has 1 heterocycles. The highest BCUT2D eigenvalue weighted by Gasteiger charge is 2.22. The van der Waals surface area contributed by atoms with Crippen LogP contribution in [0.25, 0.3) is 0 Å². The SMILES string of the molecule is COCCC(NC(=O)c1ccc2c(c1)CCC(=O)N2)C(=O)O. The molecular weight excluding hydrogens is 288 g/mol. The summed E-state index contributed by atoms with van der Waals surface area (Å²) in [4.78, 5) is 34.6. The summed E-state index contributed by atoms with van der Waals surface area (Å²) in [5.41, 5.74) is 1.94. The Bertz CT molecular complexity index is 600. The molecule has 1 aromatic carbocycles. The number of ether oxygens (including phenoxy) is 1. The lowest BCUT2D eigenvalue weighted by Gasteiger charge is -2.18. The Morgan fingerprint density at radius 1 is 1.41 bits per heavy atom. The molecule has 1 unspecified atom stereocenters. The first-order chi connectivity index (χ1) is 10.5. The van der Waals surface area contributed by atoms with Crippen molar-refractivity contribution < 1.29 is 24.2 Å². The van der Waals surface area contributed by atoms with Crippen molar-refractivity contribution in [1.82, 2.24) is 5.32 Å². The Morgan fingerprint density at radius 2 is 2.18 bits per heavy atom. The van der Waals surface area contributed by atoms with E-state index in [1.807, 2.05) is 0 Å². The molecule has 1 aliphatic heterocycles. The van der Waals surface area contributed by atoms with Gasteiger partial charge in [0.05, 0.1) is 0 Å². The van der Waals surface area contributed by atoms with E-state index in [1.165, 1.54) is 7.11 Å². The number of aliphatic carboxylic acids is 1. The van der Waals surface area contributed by atoms with Crippen LogP contribution in [0.2, 0.25) is 0 Å². The molecular formula is C15H18N2O5. The van der Waals surface area contributed by atoms with E-state index in [2.05, 4.69) is 10.6 Å². The van der Waals surface area contributed by atoms with Gasteiger partial charge in [-0.05, 0) is 30.2 Å². The van der Waals surface area contributed by atoms with Gasteiger partial charge in [-0.1, -0.05) is 0 Å². The van der Waals surface area contributed by atoms with Crippen LogP contribution in [0.5, 0.6) is 0 Å². The number of methoxy groups -OCH3 is 1. The zero-order valence-corrected chi connectivity index (χ0v) is 12.2. The molecule has 0 spiro atoms. The van der Waals surface area contributed by atoms with E-state index in [-0.39, 0.29) is 18.9 Å². The minimum absolute atomic E-state index is 0.0461. The molecule has 2 rings (SSSR count). The van der Waals surface area contributed by atoms with E-state index < -0.39 is 17.9 Å². The lowest BCUT2D eigenvalue weighted by atomic mass is 10.00. The zero-order valence-electron chi connectivity index (χ0n) is 12.2. The molecule has 0 aromatic heterocycles. The molecule has 22 heavy (non-hydrogen) atoms. The number of benzene rings is 1. The summed E-state index contributed by atoms with van der Waals surface area (Å²) in [6.45, 7) is 0.244. The Hall–Kier alpha value is -2.41. The van der Waals surface area contributed by atoms with Gasteiger partial charge in [0.25, 0.3) is 5.91 Å². The van der Waals surface area contributed by atoms with Crippen molar-refractivity contribution >= 4 is 23.5 Å². The van der Waals surface area contributed by atoms with E-state index in [0.29, 0.717) is 24.1 Å². The van der Waals surface area contributed by atoms with Crippen molar-refractivity contribution in [3.63, 3.8) is 0 Å². The van der Waals surface area contributed by atoms with E-state index in [4.69, 9.17) is 9.84 Å². The average molecular weight is 306 g/mol. The molecule has 0 saturated carbocycles. The lowest BCUT2D eigenvalue weighted by Crippen LogP contribution is -2.41. The maximum Gasteiger partial charge on any atom is 0.326 e. The van der Waals surface area contributed by atoms with Crippen LogP contribution >= 0.6 is 0 Å². The van der Waals surface area contributed by atoms with Gasteiger partial charge in [-0.3, -0.25) is 9.59 Å². The van der Waals surface area contributed by atoms with Crippen LogP contribution in [0.3, 0.4) is 0 Å². The maximum atomic E-state index is 12.2. The van der Waals surface area contributed by atoms with Gasteiger partial charge in [-0.2, -0.15) is 0 Å². The third-order valence-electron chi connectivity index (χ3n) is 3.48. The van der Waals surface area contributed by atoms with Gasteiger partial charge in [0.15, 0.2) is 0 Å². The lowest BCUT2D eigenvalue weighted by molar-refractivity contribution is -0.139. The summed E-state index contributed by atoms with van der Waals surface area (Å²) < 4.78 is 4.84. The van der Waals surface area contributed by atoms with Gasteiger partial charge in [0.1, 0.15) is 6.04 Å². The molecule has 0 saturated heterocycles. The van der Waals surface area contributed by atoms with E-state index >= 15 is 0 Å². The van der Waals surface area contributed by atoms with Crippen molar-refractivity contribution in [2.24, 2.45) is 0 Å². The van der Waals surface area contributed by atoms with Gasteiger partial charge in [-0.25, -0.2) is 4.79 Å². The molecule has 118 valence electrons. The van der Waals surface area contributed by atoms with E-state index in [0.717, 1.165) is 5.56 Å². The Kier molecular flexibility index (Phi) is 5.11. The number of carboxylic acid groups (broad SMARTS) is 1. The number of carbonyl (C=O) groups excluding carboxylic acids is 2. The summed E-state index contributed by atoms with van der Waals surface area (Å²) in [7, 11) is 1.47. The summed E-state index contributed by atoms with van der Waals surface area (Å²) in [6.07, 6.45) is 1.14. The van der Waals surface area contributed by atoms with Crippen molar-refractivity contribution in [3.8, 4) is 0 Å². The topological polar surface area (TPSA) is 105 Å². The quantitative estimate of drug-likeness (QED) is 0.721. The maximum absolute atomic E-state index is 12.2. The van der Waals surface area contributed by atoms with Crippen LogP contribution in [0.1, 0.15) is 28.8 Å². The standard InChI is InChI=1S/C15H18N2O5/c1-22-7-6-12(15(20)21)17-14(19)10-2-4-11-9(8-10)3-5-13(18)16-11/h2,4,8,12H,3,5-7H2,1H3,(H,16,18)(H,17,19)(H,20,21). The molecule has 1 aromatic rings. The minimum atomic E-state index is -1.10. The Morgan fingerprint density at radius 3 is 2.86 bits per heavy atom. The minimum Gasteiger partial charge on any atom is -0.480 e. The number of rotatable bonds is 6. The number of hydrogen-bond donors (Lipinski definition) is 3. The highest BCUT2D eigenvalue weighted by atomic mass is 16.5. The predicted molar refractivity (Wildman–Crippen MR) is 78.8 cm³/mol. The van der Waals surface area contributed by atoms with Crippen molar-refractivity contribution in [1.29, 1.82) is 0 Å². The second-order valence-electron chi connectivity index (χ2n) is 5.07. The van der Waals surface area contributed by atoms with Crippen LogP contribution in [0.4, 0.5) is 5.69 Å². The fourth-order valence-corrected chi connectivity index (χ4v) is 2.26. The number of aryl methyl sites for hydroxylation is 1. The van der Waals surface area contributed by atoms with Crippen molar-refractivity contribution in [3.05, 3.63) is 29.3 Å². The smallest absolute Gasteiger partial charge is 0.326 e. The summed E-state index contributed by atoms with van der Waals surface area (Å²) in [5, 5.41) is 14.3. The summed E-state index contributed by atoms with van der Waals surface area (Å²) >= 11 is 0. The third kappa shape index (κ3) is 3.82. The molecule has 0 bridgehead atoms. The molecule has 1 aliphatic rings. The van der Waals surface area contributed by atoms with Gasteiger partial charge in [0.2, 0.25) is 5.91 Å². The predicted octanol–water partition coefficient (Wildman–Crippen LogP) is 0.791. The van der Waals surface area contributed by atoms with Crippen LogP contribution in [-0.4, -0.2) is 42.6 Å². The van der Waals surface area contributed by atoms with E-state index in [9.17, 15) is 14.4 Å². The largest absolute Gasteiger partial charge is 0.480 e. The zero-order chi connectivity index (χ0) is 16.1. The average Bonchev–Trinajstić information content (AvgIpc) is 2.50. The molecule has 2 amide bonds. The molecule has 7 heteroatoms. The van der Waals surface area contributed by atoms with Gasteiger partial charge in [-0.15, -0.1) is 0 Å². The van der Waals surface area contributed by atoms with E-state index in [1.54, 1.807) is 18.2 Å². The Labute approximate surface area is 127 Å². The normalized spacial score (nSPS) is 14.7. The van der Waals surface area contributed by atoms with Gasteiger partial charge >= 0.3 is 5.97 Å². The fourth-order valence-electron chi connectivity index (χ4n) is 2.26. The first-order valence-corrected chi connectivity index (χ1v) is 6.96. The third-order valence-corrected chi connectivity index (χ3v) is 3.48. The number of carboxylic acids is 1. The van der Waals surface area contributed by atoms with Crippen LogP contribution in [0, 0.1) is 0 Å². The van der Waals surface area contributed by atoms with Crippen molar-refractivity contribution in [2.45, 2.75) is 25.3 Å². The molecule has 0 aliphatic carbocycles. The Balaban J connectivity index is 2.09. The molecule has 0 fully saturated rings. The fraction of sp³-hybridized carbons (Fsp3) is 0.400. The van der Waals surface area contributed by atoms with Crippen molar-refractivity contribution in [2.75, 3.05) is 19.0 Å². The van der Waals surface area contributed by atoms with Crippen LogP contribution in [0.15, 0.2) is 18.2 Å². The molecule has 0 radical (unpaired) electrons. The highest BCUT2D eigenvalue weighted by Crippen LogP contribution is 2.23. The summed E-state index contributed by atoms with van der Waals surface area (Å²) in [5.74, 6) is -1.60. The molecule has 1 atom stereocenters. The highest BCUT2D eigenvalue weighted by molar-refractivity contribution is 5.99. The molecule has 7 nitrogen and oxygen atoms in total. The number of hydrogen-bond acceptors (Lipinski definition) is 4. The second kappa shape index (κ2) is 7.04. The van der Waals surface area contributed by atoms with Crippen LogP contribution in [-0.2, 0) is 20.7 Å². The van der Waals surface area contributed by atoms with Crippen LogP contribution < -0.4 is 10.6 Å². The number of nitrogens with one attached hydrogen (secondary N) is 2. The first-order valence-electron chi connectivity index (χ1n) is 6.96. The monoisotopic (exact) mass is 306 g/mol. The number of amides is 2. The molecule has 3 N–H and O–H groups in total. The van der Waals surface area contributed by atoms with Gasteiger partial charge in [0, 0.05) is 37.8 Å². The summed E-state index contributed by atoms with van der Waals surface area (Å²) in [6, 6.07) is 3.91. The second-order valence-corrected chi connectivity index (χ2v) is 5.07. The number of fused-ring (bicyclic) bond motifs is 1. The van der Waals surface area contributed by atoms with Gasteiger partial charge < -0.3 is 20.5 Å². The number of anilines is 1. The number of carbonyl (C=O) groups is 3. The first kappa shape index (κ1) is 16.0.